The van der Waals surface area contributed by atoms with Crippen molar-refractivity contribution in [3.05, 3.63) is 53.4 Å². The maximum Gasteiger partial charge on any atom is 0.319 e. The molecule has 1 aliphatic rings. The van der Waals surface area contributed by atoms with Crippen LogP contribution >= 0.6 is 11.6 Å². The first-order chi connectivity index (χ1) is 11.7. The van der Waals surface area contributed by atoms with E-state index in [2.05, 4.69) is 10.6 Å². The molecule has 1 aromatic heterocycles. The van der Waals surface area contributed by atoms with Gasteiger partial charge in [0, 0.05) is 10.7 Å². The predicted octanol–water partition coefficient (Wildman–Crippen LogP) is 2.86. The Labute approximate surface area is 147 Å². The smallest absolute Gasteiger partial charge is 0.319 e. The monoisotopic (exact) mass is 348 g/mol. The molecule has 3 N–H and O–H groups in total. The van der Waals surface area contributed by atoms with Crippen LogP contribution in [0.25, 0.3) is 0 Å². The van der Waals surface area contributed by atoms with Crippen LogP contribution in [-0.4, -0.2) is 25.7 Å². The number of rotatable bonds is 5. The number of hydrogen-bond acceptors (Lipinski definition) is 2. The number of halogens is 1. The average molecular weight is 349 g/mol. The van der Waals surface area contributed by atoms with Gasteiger partial charge in [-0.25, -0.2) is 4.79 Å². The number of benzene rings is 1. The Balaban J connectivity index is 1.58. The Hall–Kier alpha value is -1.98. The molecule has 2 aromatic rings. The molecule has 5 nitrogen and oxygen atoms in total. The van der Waals surface area contributed by atoms with Crippen LogP contribution in [0.2, 0.25) is 5.02 Å². The van der Waals surface area contributed by atoms with Crippen molar-refractivity contribution in [3.8, 4) is 0 Å². The lowest BCUT2D eigenvalue weighted by Gasteiger charge is -2.30. The van der Waals surface area contributed by atoms with Gasteiger partial charge < -0.3 is 20.0 Å². The van der Waals surface area contributed by atoms with Gasteiger partial charge in [-0.05, 0) is 55.7 Å². The standard InChI is InChI=1S/C18H22ClN3O2/c19-14-6-8-15(9-7-14)21-18(23)20-13-16(17-5-4-12-24-17)22-10-2-1-3-11-22/h4-9,12,16H,1-3,10-11,13H2,(H2,20,21,23)/p+1/t16-/m0/s1. The largest absolute Gasteiger partial charge is 0.463 e. The quantitative estimate of drug-likeness (QED) is 0.778. The van der Waals surface area contributed by atoms with E-state index < -0.39 is 0 Å². The summed E-state index contributed by atoms with van der Waals surface area (Å²) in [5.41, 5.74) is 0.719. The van der Waals surface area contributed by atoms with Crippen LogP contribution < -0.4 is 15.5 Å². The minimum absolute atomic E-state index is 0.149. The number of quaternary nitrogens is 1. The van der Waals surface area contributed by atoms with Crippen molar-refractivity contribution >= 4 is 23.3 Å². The lowest BCUT2D eigenvalue weighted by molar-refractivity contribution is -0.936. The van der Waals surface area contributed by atoms with Crippen molar-refractivity contribution < 1.29 is 14.1 Å². The molecule has 128 valence electrons. The Bertz CT molecular complexity index is 637. The molecule has 1 atom stereocenters. The number of likely N-dealkylation sites (tertiary alicyclic amines) is 1. The number of piperidine rings is 1. The summed E-state index contributed by atoms with van der Waals surface area (Å²) in [5, 5.41) is 6.44. The molecule has 0 saturated carbocycles. The van der Waals surface area contributed by atoms with Crippen LogP contribution in [-0.2, 0) is 0 Å². The molecular formula is C18H23ClN3O2+. The summed E-state index contributed by atoms with van der Waals surface area (Å²) in [6, 6.07) is 10.9. The summed E-state index contributed by atoms with van der Waals surface area (Å²) in [7, 11) is 0. The Kier molecular flexibility index (Phi) is 5.77. The zero-order valence-corrected chi connectivity index (χ0v) is 14.3. The fourth-order valence-electron chi connectivity index (χ4n) is 3.19. The van der Waals surface area contributed by atoms with E-state index >= 15 is 0 Å². The highest BCUT2D eigenvalue weighted by Crippen LogP contribution is 2.14. The molecular weight excluding hydrogens is 326 g/mol. The van der Waals surface area contributed by atoms with E-state index in [1.165, 1.54) is 24.2 Å². The Morgan fingerprint density at radius 3 is 2.58 bits per heavy atom. The number of carbonyl (C=O) groups excluding carboxylic acids is 1. The summed E-state index contributed by atoms with van der Waals surface area (Å²) in [6.45, 7) is 2.78. The summed E-state index contributed by atoms with van der Waals surface area (Å²) in [4.78, 5) is 13.6. The number of hydrogen-bond donors (Lipinski definition) is 3. The SMILES string of the molecule is O=C(NC[C@@H](c1ccco1)[NH+]1CCCCC1)Nc1ccc(Cl)cc1. The number of carbonyl (C=O) groups is 1. The molecule has 0 bridgehead atoms. The molecule has 3 rings (SSSR count). The van der Waals surface area contributed by atoms with Crippen molar-refractivity contribution in [1.82, 2.24) is 5.32 Å². The molecule has 1 aliphatic heterocycles. The van der Waals surface area contributed by atoms with E-state index in [1.807, 2.05) is 12.1 Å². The van der Waals surface area contributed by atoms with E-state index in [0.717, 1.165) is 24.5 Å². The van der Waals surface area contributed by atoms with Gasteiger partial charge in [0.25, 0.3) is 0 Å². The maximum absolute atomic E-state index is 12.2. The molecule has 6 heteroatoms. The van der Waals surface area contributed by atoms with Crippen molar-refractivity contribution in [2.24, 2.45) is 0 Å². The van der Waals surface area contributed by atoms with E-state index in [4.69, 9.17) is 16.0 Å². The average Bonchev–Trinajstić information content (AvgIpc) is 3.12. The first-order valence-corrected chi connectivity index (χ1v) is 8.78. The van der Waals surface area contributed by atoms with Crippen molar-refractivity contribution in [2.45, 2.75) is 25.3 Å². The fourth-order valence-corrected chi connectivity index (χ4v) is 3.32. The van der Waals surface area contributed by atoms with E-state index in [-0.39, 0.29) is 12.1 Å². The van der Waals surface area contributed by atoms with Gasteiger partial charge in [-0.15, -0.1) is 0 Å². The van der Waals surface area contributed by atoms with E-state index in [0.29, 0.717) is 11.6 Å². The third-order valence-electron chi connectivity index (χ3n) is 4.44. The zero-order valence-electron chi connectivity index (χ0n) is 13.6. The molecule has 0 unspecified atom stereocenters. The first kappa shape index (κ1) is 16.9. The highest BCUT2D eigenvalue weighted by molar-refractivity contribution is 6.30. The molecule has 1 aromatic carbocycles. The van der Waals surface area contributed by atoms with Crippen LogP contribution in [0.4, 0.5) is 10.5 Å². The topological polar surface area (TPSA) is 58.7 Å². The highest BCUT2D eigenvalue weighted by Gasteiger charge is 2.28. The van der Waals surface area contributed by atoms with Crippen LogP contribution in [0, 0.1) is 0 Å². The normalized spacial score (nSPS) is 16.5. The summed E-state index contributed by atoms with van der Waals surface area (Å²) >= 11 is 5.85. The second kappa shape index (κ2) is 8.22. The van der Waals surface area contributed by atoms with E-state index in [1.54, 1.807) is 30.5 Å². The molecule has 0 spiro atoms. The van der Waals surface area contributed by atoms with Crippen LogP contribution in [0.5, 0.6) is 0 Å². The molecule has 24 heavy (non-hydrogen) atoms. The number of urea groups is 1. The van der Waals surface area contributed by atoms with Gasteiger partial charge in [-0.1, -0.05) is 11.6 Å². The highest BCUT2D eigenvalue weighted by atomic mass is 35.5. The summed E-state index contributed by atoms with van der Waals surface area (Å²) < 4.78 is 5.61. The van der Waals surface area contributed by atoms with Gasteiger partial charge in [0.05, 0.1) is 25.9 Å². The minimum Gasteiger partial charge on any atom is -0.463 e. The molecule has 2 heterocycles. The summed E-state index contributed by atoms with van der Waals surface area (Å²) in [5.74, 6) is 0.929. The third-order valence-corrected chi connectivity index (χ3v) is 4.70. The van der Waals surface area contributed by atoms with Crippen LogP contribution in [0.15, 0.2) is 47.1 Å². The Morgan fingerprint density at radius 1 is 1.17 bits per heavy atom. The first-order valence-electron chi connectivity index (χ1n) is 8.41. The lowest BCUT2D eigenvalue weighted by Crippen LogP contribution is -3.13. The number of nitrogens with one attached hydrogen (secondary N) is 3. The Morgan fingerprint density at radius 2 is 1.92 bits per heavy atom. The van der Waals surface area contributed by atoms with Gasteiger partial charge in [-0.3, -0.25) is 0 Å². The zero-order chi connectivity index (χ0) is 16.8. The van der Waals surface area contributed by atoms with Gasteiger partial charge in [-0.2, -0.15) is 0 Å². The van der Waals surface area contributed by atoms with Crippen LogP contribution in [0.3, 0.4) is 0 Å². The third kappa shape index (κ3) is 4.52. The fraction of sp³-hybridized carbons (Fsp3) is 0.389. The molecule has 1 saturated heterocycles. The van der Waals surface area contributed by atoms with Crippen LogP contribution in [0.1, 0.15) is 31.1 Å². The second-order valence-electron chi connectivity index (χ2n) is 6.13. The van der Waals surface area contributed by atoms with Crippen molar-refractivity contribution in [2.75, 3.05) is 25.0 Å². The number of anilines is 1. The lowest BCUT2D eigenvalue weighted by atomic mass is 10.1. The van der Waals surface area contributed by atoms with Gasteiger partial charge in [0.1, 0.15) is 0 Å². The minimum atomic E-state index is -0.217. The van der Waals surface area contributed by atoms with Crippen molar-refractivity contribution in [1.29, 1.82) is 0 Å². The van der Waals surface area contributed by atoms with Gasteiger partial charge in [0.2, 0.25) is 0 Å². The summed E-state index contributed by atoms with van der Waals surface area (Å²) in [6.07, 6.45) is 5.44. The molecule has 0 aliphatic carbocycles. The predicted molar refractivity (Wildman–Crippen MR) is 94.5 cm³/mol. The molecule has 0 radical (unpaired) electrons. The van der Waals surface area contributed by atoms with E-state index in [9.17, 15) is 4.79 Å². The molecule has 1 fully saturated rings. The number of furan rings is 1. The second-order valence-corrected chi connectivity index (χ2v) is 6.57. The molecule has 2 amide bonds. The maximum atomic E-state index is 12.2. The van der Waals surface area contributed by atoms with Crippen molar-refractivity contribution in [3.63, 3.8) is 0 Å². The number of amides is 2. The van der Waals surface area contributed by atoms with Gasteiger partial charge in [0.15, 0.2) is 11.8 Å². The van der Waals surface area contributed by atoms with Gasteiger partial charge >= 0.3 is 6.03 Å².